The maximum Gasteiger partial charge on any atom is 0.346 e. The summed E-state index contributed by atoms with van der Waals surface area (Å²) in [6.07, 6.45) is 0. The third kappa shape index (κ3) is 3.15. The van der Waals surface area contributed by atoms with Crippen molar-refractivity contribution in [3.05, 3.63) is 62.1 Å². The minimum absolute atomic E-state index is 0.0711. The van der Waals surface area contributed by atoms with Crippen LogP contribution in [0.3, 0.4) is 0 Å². The van der Waals surface area contributed by atoms with E-state index >= 15 is 0 Å². The Balaban J connectivity index is 2.37. The van der Waals surface area contributed by atoms with Gasteiger partial charge in [0.1, 0.15) is 0 Å². The quantitative estimate of drug-likeness (QED) is 0.533. The summed E-state index contributed by atoms with van der Waals surface area (Å²) in [6.45, 7) is 0. The monoisotopic (exact) mass is 334 g/mol. The van der Waals surface area contributed by atoms with Crippen molar-refractivity contribution in [1.29, 1.82) is 0 Å². The average Bonchev–Trinajstić information content (AvgIpc) is 2.34. The van der Waals surface area contributed by atoms with Crippen LogP contribution < -0.4 is 4.74 Å². The molecule has 19 heavy (non-hydrogen) atoms. The van der Waals surface area contributed by atoms with Crippen molar-refractivity contribution in [1.82, 2.24) is 0 Å². The molecule has 0 aliphatic carbocycles. The molecule has 0 saturated heterocycles. The first-order valence-corrected chi connectivity index (χ1v) is 6.62. The first-order chi connectivity index (χ1) is 9.00. The lowest BCUT2D eigenvalue weighted by Crippen LogP contribution is -2.10. The summed E-state index contributed by atoms with van der Waals surface area (Å²) in [5, 5.41) is 0.842. The maximum atomic E-state index is 12.1. The highest BCUT2D eigenvalue weighted by Crippen LogP contribution is 2.34. The Morgan fingerprint density at radius 1 is 0.789 bits per heavy atom. The summed E-state index contributed by atoms with van der Waals surface area (Å²) in [6, 6.07) is 9.47. The van der Waals surface area contributed by atoms with Crippen molar-refractivity contribution in [2.24, 2.45) is 0 Å². The number of hydrogen-bond donors (Lipinski definition) is 0. The molecule has 2 aromatic rings. The van der Waals surface area contributed by atoms with Crippen LogP contribution in [-0.4, -0.2) is 5.97 Å². The predicted molar refractivity (Wildman–Crippen MR) is 77.9 cm³/mol. The molecule has 0 aliphatic rings. The van der Waals surface area contributed by atoms with Crippen LogP contribution in [0.2, 0.25) is 20.1 Å². The first-order valence-electron chi connectivity index (χ1n) is 5.11. The largest absolute Gasteiger partial charge is 0.420 e. The molecule has 0 aromatic heterocycles. The smallest absolute Gasteiger partial charge is 0.346 e. The molecular formula is C13H6Cl4O2. The van der Waals surface area contributed by atoms with E-state index in [-0.39, 0.29) is 31.4 Å². The van der Waals surface area contributed by atoms with Crippen LogP contribution >= 0.6 is 46.4 Å². The van der Waals surface area contributed by atoms with Gasteiger partial charge in [-0.1, -0.05) is 58.5 Å². The molecule has 0 heterocycles. The van der Waals surface area contributed by atoms with Gasteiger partial charge in [0.05, 0.1) is 25.7 Å². The third-order valence-corrected chi connectivity index (χ3v) is 3.51. The summed E-state index contributed by atoms with van der Waals surface area (Å²) >= 11 is 23.7. The predicted octanol–water partition coefficient (Wildman–Crippen LogP) is 5.52. The normalized spacial score (nSPS) is 10.3. The topological polar surface area (TPSA) is 26.3 Å². The molecule has 0 bridgehead atoms. The SMILES string of the molecule is O=C(Oc1c(Cl)cccc1Cl)c1c(Cl)cccc1Cl. The van der Waals surface area contributed by atoms with Crippen molar-refractivity contribution in [3.63, 3.8) is 0 Å². The van der Waals surface area contributed by atoms with Crippen LogP contribution in [0.4, 0.5) is 0 Å². The van der Waals surface area contributed by atoms with Crippen molar-refractivity contribution < 1.29 is 9.53 Å². The number of hydrogen-bond acceptors (Lipinski definition) is 2. The van der Waals surface area contributed by atoms with Gasteiger partial charge >= 0.3 is 5.97 Å². The van der Waals surface area contributed by atoms with E-state index in [4.69, 9.17) is 51.1 Å². The minimum Gasteiger partial charge on any atom is -0.420 e. The Labute approximate surface area is 129 Å². The molecule has 2 nitrogen and oxygen atoms in total. The molecule has 0 aliphatic heterocycles. The van der Waals surface area contributed by atoms with Crippen LogP contribution in [0.25, 0.3) is 0 Å². The van der Waals surface area contributed by atoms with Gasteiger partial charge in [-0.25, -0.2) is 4.79 Å². The van der Waals surface area contributed by atoms with Gasteiger partial charge in [-0.3, -0.25) is 0 Å². The Hall–Kier alpha value is -0.930. The van der Waals surface area contributed by atoms with Crippen LogP contribution in [0, 0.1) is 0 Å². The Bertz CT molecular complexity index is 600. The van der Waals surface area contributed by atoms with Gasteiger partial charge in [-0.05, 0) is 24.3 Å². The molecule has 6 heteroatoms. The van der Waals surface area contributed by atoms with Crippen LogP contribution in [0.15, 0.2) is 36.4 Å². The van der Waals surface area contributed by atoms with Crippen molar-refractivity contribution >= 4 is 52.4 Å². The summed E-state index contributed by atoms with van der Waals surface area (Å²) in [4.78, 5) is 12.1. The van der Waals surface area contributed by atoms with Gasteiger partial charge in [0.2, 0.25) is 0 Å². The van der Waals surface area contributed by atoms with Gasteiger partial charge in [0.25, 0.3) is 0 Å². The van der Waals surface area contributed by atoms with Crippen LogP contribution in [0.5, 0.6) is 5.75 Å². The van der Waals surface area contributed by atoms with E-state index in [0.717, 1.165) is 0 Å². The maximum absolute atomic E-state index is 12.1. The summed E-state index contributed by atoms with van der Waals surface area (Å²) in [5.74, 6) is -0.641. The van der Waals surface area contributed by atoms with Crippen LogP contribution in [0.1, 0.15) is 10.4 Å². The second-order valence-electron chi connectivity index (χ2n) is 3.54. The van der Waals surface area contributed by atoms with E-state index < -0.39 is 5.97 Å². The number of halogens is 4. The van der Waals surface area contributed by atoms with E-state index in [1.54, 1.807) is 24.3 Å². The Morgan fingerprint density at radius 3 is 1.68 bits per heavy atom. The number of benzene rings is 2. The third-order valence-electron chi connectivity index (χ3n) is 2.28. The van der Waals surface area contributed by atoms with Crippen molar-refractivity contribution in [2.45, 2.75) is 0 Å². The van der Waals surface area contributed by atoms with Crippen molar-refractivity contribution in [2.75, 3.05) is 0 Å². The average molecular weight is 336 g/mol. The molecule has 0 amide bonds. The highest BCUT2D eigenvalue weighted by molar-refractivity contribution is 6.40. The zero-order chi connectivity index (χ0) is 14.0. The lowest BCUT2D eigenvalue weighted by molar-refractivity contribution is 0.0735. The van der Waals surface area contributed by atoms with E-state index in [1.165, 1.54) is 12.1 Å². The van der Waals surface area contributed by atoms with Gasteiger partial charge in [-0.2, -0.15) is 0 Å². The van der Waals surface area contributed by atoms with E-state index in [2.05, 4.69) is 0 Å². The molecule has 0 unspecified atom stereocenters. The molecule has 98 valence electrons. The van der Waals surface area contributed by atoms with Crippen LogP contribution in [-0.2, 0) is 0 Å². The van der Waals surface area contributed by atoms with E-state index in [9.17, 15) is 4.79 Å². The second kappa shape index (κ2) is 6.02. The summed E-state index contributed by atoms with van der Waals surface area (Å²) in [7, 11) is 0. The standard InChI is InChI=1S/C13H6Cl4O2/c14-7-3-1-4-8(15)11(7)13(18)19-12-9(16)5-2-6-10(12)17/h1-6H. The van der Waals surface area contributed by atoms with Gasteiger partial charge in [0, 0.05) is 0 Å². The molecular weight excluding hydrogens is 330 g/mol. The lowest BCUT2D eigenvalue weighted by atomic mass is 10.2. The fourth-order valence-electron chi connectivity index (χ4n) is 1.42. The number of esters is 1. The number of carbonyl (C=O) groups is 1. The molecule has 0 saturated carbocycles. The lowest BCUT2D eigenvalue weighted by Gasteiger charge is -2.09. The zero-order valence-electron chi connectivity index (χ0n) is 9.29. The molecule has 0 atom stereocenters. The second-order valence-corrected chi connectivity index (χ2v) is 5.17. The highest BCUT2D eigenvalue weighted by Gasteiger charge is 2.19. The molecule has 0 radical (unpaired) electrons. The summed E-state index contributed by atoms with van der Waals surface area (Å²) < 4.78 is 5.15. The molecule has 0 N–H and O–H groups in total. The fraction of sp³-hybridized carbons (Fsp3) is 0. The number of para-hydroxylation sites is 1. The number of rotatable bonds is 2. The summed E-state index contributed by atoms with van der Waals surface area (Å²) in [5.41, 5.74) is 0.0711. The number of ether oxygens (including phenoxy) is 1. The fourth-order valence-corrected chi connectivity index (χ4v) is 2.44. The zero-order valence-corrected chi connectivity index (χ0v) is 12.3. The van der Waals surface area contributed by atoms with Crippen molar-refractivity contribution in [3.8, 4) is 5.75 Å². The Kier molecular flexibility index (Phi) is 4.58. The van der Waals surface area contributed by atoms with Gasteiger partial charge in [0.15, 0.2) is 5.75 Å². The molecule has 2 aromatic carbocycles. The molecule has 2 rings (SSSR count). The van der Waals surface area contributed by atoms with E-state index in [1.807, 2.05) is 0 Å². The van der Waals surface area contributed by atoms with E-state index in [0.29, 0.717) is 0 Å². The molecule has 0 spiro atoms. The van der Waals surface area contributed by atoms with Gasteiger partial charge < -0.3 is 4.74 Å². The van der Waals surface area contributed by atoms with Gasteiger partial charge in [-0.15, -0.1) is 0 Å². The minimum atomic E-state index is -0.717. The highest BCUT2D eigenvalue weighted by atomic mass is 35.5. The Morgan fingerprint density at radius 2 is 1.21 bits per heavy atom. The number of carbonyl (C=O) groups excluding carboxylic acids is 1. The first kappa shape index (κ1) is 14.5. The molecule has 0 fully saturated rings.